The molecule has 0 N–H and O–H groups in total. The van der Waals surface area contributed by atoms with Gasteiger partial charge in [-0.25, -0.2) is 4.79 Å². The minimum atomic E-state index is -0.462. The van der Waals surface area contributed by atoms with E-state index in [1.165, 1.54) is 0 Å². The quantitative estimate of drug-likeness (QED) is 0.153. The number of carbonyl (C=O) groups excluding carboxylic acids is 2. The molecule has 35 heavy (non-hydrogen) atoms. The predicted molar refractivity (Wildman–Crippen MR) is 146 cm³/mol. The summed E-state index contributed by atoms with van der Waals surface area (Å²) in [5.41, 5.74) is 1.57. The van der Waals surface area contributed by atoms with Crippen LogP contribution in [0, 0.1) is 11.8 Å². The van der Waals surface area contributed by atoms with E-state index in [1.807, 2.05) is 31.2 Å². The molecule has 0 heterocycles. The van der Waals surface area contributed by atoms with Gasteiger partial charge in [-0.05, 0) is 49.7 Å². The number of amides is 1. The van der Waals surface area contributed by atoms with Gasteiger partial charge in [0.15, 0.2) is 0 Å². The molecule has 5 heteroatoms. The number of benzene rings is 1. The lowest BCUT2D eigenvalue weighted by Crippen LogP contribution is -2.37. The fraction of sp³-hybridized carbons (Fsp3) is 0.733. The molecule has 0 aliphatic heterocycles. The monoisotopic (exact) mass is 489 g/mol. The maximum absolute atomic E-state index is 13.2. The van der Waals surface area contributed by atoms with Crippen molar-refractivity contribution in [2.75, 3.05) is 24.7 Å². The predicted octanol–water partition coefficient (Wildman–Crippen LogP) is 8.51. The zero-order valence-corrected chi connectivity index (χ0v) is 23.3. The highest BCUT2D eigenvalue weighted by Gasteiger charge is 2.28. The molecule has 3 unspecified atom stereocenters. The number of rotatable bonds is 18. The molecule has 5 nitrogen and oxygen atoms in total. The molecule has 0 fully saturated rings. The number of anilines is 1. The van der Waals surface area contributed by atoms with Crippen LogP contribution in [0.25, 0.3) is 0 Å². The average molecular weight is 490 g/mol. The lowest BCUT2D eigenvalue weighted by Gasteiger charge is -2.29. The van der Waals surface area contributed by atoms with Crippen molar-refractivity contribution in [2.45, 2.75) is 112 Å². The summed E-state index contributed by atoms with van der Waals surface area (Å²) >= 11 is 0. The van der Waals surface area contributed by atoms with Crippen molar-refractivity contribution < 1.29 is 19.1 Å². The Morgan fingerprint density at radius 2 is 1.43 bits per heavy atom. The Morgan fingerprint density at radius 3 is 2.03 bits per heavy atom. The first-order chi connectivity index (χ1) is 16.9. The van der Waals surface area contributed by atoms with Crippen LogP contribution in [0.5, 0.6) is 0 Å². The van der Waals surface area contributed by atoms with Crippen molar-refractivity contribution in [3.05, 3.63) is 29.8 Å². The summed E-state index contributed by atoms with van der Waals surface area (Å²) in [4.78, 5) is 28.0. The number of carbonyl (C=O) groups is 2. The summed E-state index contributed by atoms with van der Waals surface area (Å²) in [5, 5.41) is 0. The van der Waals surface area contributed by atoms with Gasteiger partial charge >= 0.3 is 12.1 Å². The second kappa shape index (κ2) is 18.3. The van der Waals surface area contributed by atoms with Crippen molar-refractivity contribution in [3.63, 3.8) is 0 Å². The van der Waals surface area contributed by atoms with Crippen LogP contribution < -0.4 is 4.90 Å². The SMILES string of the molecule is CCCCOC(=O)N(CC(CC)CCCC)c1ccccc1C(C)C(=O)OCC(CC)CCCC. The van der Waals surface area contributed by atoms with Gasteiger partial charge in [0.1, 0.15) is 0 Å². The first kappa shape index (κ1) is 31.0. The van der Waals surface area contributed by atoms with Gasteiger partial charge in [0.25, 0.3) is 0 Å². The first-order valence-corrected chi connectivity index (χ1v) is 14.1. The Morgan fingerprint density at radius 1 is 0.829 bits per heavy atom. The lowest BCUT2D eigenvalue weighted by atomic mass is 9.95. The second-order valence-corrected chi connectivity index (χ2v) is 9.82. The summed E-state index contributed by atoms with van der Waals surface area (Å²) in [6, 6.07) is 7.72. The molecule has 0 aliphatic rings. The average Bonchev–Trinajstić information content (AvgIpc) is 2.88. The Hall–Kier alpha value is -2.04. The number of hydrogen-bond acceptors (Lipinski definition) is 4. The smallest absolute Gasteiger partial charge is 0.414 e. The van der Waals surface area contributed by atoms with Crippen molar-refractivity contribution in [2.24, 2.45) is 11.8 Å². The third kappa shape index (κ3) is 11.0. The van der Waals surface area contributed by atoms with E-state index in [-0.39, 0.29) is 12.1 Å². The highest BCUT2D eigenvalue weighted by atomic mass is 16.6. The van der Waals surface area contributed by atoms with Crippen molar-refractivity contribution in [1.29, 1.82) is 0 Å². The number of unbranched alkanes of at least 4 members (excludes halogenated alkanes) is 3. The second-order valence-electron chi connectivity index (χ2n) is 9.82. The van der Waals surface area contributed by atoms with Gasteiger partial charge in [0.05, 0.1) is 24.8 Å². The van der Waals surface area contributed by atoms with E-state index in [2.05, 4.69) is 34.6 Å². The van der Waals surface area contributed by atoms with E-state index in [0.717, 1.165) is 75.5 Å². The topological polar surface area (TPSA) is 55.8 Å². The van der Waals surface area contributed by atoms with Gasteiger partial charge in [-0.2, -0.15) is 0 Å². The highest BCUT2D eigenvalue weighted by Crippen LogP contribution is 2.31. The third-order valence-electron chi connectivity index (χ3n) is 6.98. The molecular formula is C30H51NO4. The Balaban J connectivity index is 3.11. The van der Waals surface area contributed by atoms with Gasteiger partial charge < -0.3 is 9.47 Å². The largest absolute Gasteiger partial charge is 0.465 e. The van der Waals surface area contributed by atoms with Crippen molar-refractivity contribution in [1.82, 2.24) is 0 Å². The van der Waals surface area contributed by atoms with E-state index >= 15 is 0 Å². The van der Waals surface area contributed by atoms with E-state index in [1.54, 1.807) is 4.90 Å². The molecule has 3 atom stereocenters. The molecule has 1 rings (SSSR count). The molecule has 0 saturated heterocycles. The van der Waals surface area contributed by atoms with Gasteiger partial charge in [0.2, 0.25) is 0 Å². The van der Waals surface area contributed by atoms with E-state index in [9.17, 15) is 9.59 Å². The zero-order chi connectivity index (χ0) is 26.1. The van der Waals surface area contributed by atoms with Gasteiger partial charge in [0, 0.05) is 6.54 Å². The maximum Gasteiger partial charge on any atom is 0.414 e. The molecule has 0 radical (unpaired) electrons. The molecule has 0 saturated carbocycles. The number of para-hydroxylation sites is 1. The van der Waals surface area contributed by atoms with Crippen LogP contribution in [-0.4, -0.2) is 31.8 Å². The van der Waals surface area contributed by atoms with Crippen molar-refractivity contribution in [3.8, 4) is 0 Å². The number of nitrogens with zero attached hydrogens (tertiary/aromatic N) is 1. The number of hydrogen-bond donors (Lipinski definition) is 0. The molecule has 0 bridgehead atoms. The zero-order valence-electron chi connectivity index (χ0n) is 23.3. The third-order valence-corrected chi connectivity index (χ3v) is 6.98. The van der Waals surface area contributed by atoms with Crippen LogP contribution in [0.2, 0.25) is 0 Å². The standard InChI is InChI=1S/C30H51NO4/c1-7-12-17-25(10-4)22-31(30(33)34-21-14-9-3)28-20-16-15-19-27(28)24(6)29(32)35-23-26(11-5)18-13-8-2/h15-16,19-20,24-26H,7-14,17-18,21-23H2,1-6H3. The summed E-state index contributed by atoms with van der Waals surface area (Å²) in [6.07, 6.45) is 10.2. The number of esters is 1. The summed E-state index contributed by atoms with van der Waals surface area (Å²) < 4.78 is 11.4. The number of ether oxygens (including phenoxy) is 2. The van der Waals surface area contributed by atoms with Gasteiger partial charge in [-0.3, -0.25) is 9.69 Å². The highest BCUT2D eigenvalue weighted by molar-refractivity contribution is 5.91. The van der Waals surface area contributed by atoms with E-state index < -0.39 is 5.92 Å². The maximum atomic E-state index is 13.2. The van der Waals surface area contributed by atoms with Crippen LogP contribution in [0.1, 0.15) is 117 Å². The Kier molecular flexibility index (Phi) is 16.2. The summed E-state index contributed by atoms with van der Waals surface area (Å²) in [5.74, 6) is 0.0874. The summed E-state index contributed by atoms with van der Waals surface area (Å²) in [6.45, 7) is 14.1. The normalized spacial score (nSPS) is 13.7. The van der Waals surface area contributed by atoms with Gasteiger partial charge in [-0.1, -0.05) is 97.8 Å². The minimum Gasteiger partial charge on any atom is -0.465 e. The van der Waals surface area contributed by atoms with Crippen LogP contribution in [0.15, 0.2) is 24.3 Å². The molecule has 0 aromatic heterocycles. The Bertz CT molecular complexity index is 720. The Labute approximate surface area is 214 Å². The van der Waals surface area contributed by atoms with E-state index in [0.29, 0.717) is 31.6 Å². The van der Waals surface area contributed by atoms with Crippen LogP contribution in [0.3, 0.4) is 0 Å². The lowest BCUT2D eigenvalue weighted by molar-refractivity contribution is -0.146. The molecule has 0 aliphatic carbocycles. The molecular weight excluding hydrogens is 438 g/mol. The fourth-order valence-corrected chi connectivity index (χ4v) is 4.28. The van der Waals surface area contributed by atoms with Crippen LogP contribution in [-0.2, 0) is 14.3 Å². The fourth-order valence-electron chi connectivity index (χ4n) is 4.28. The molecule has 1 aromatic carbocycles. The summed E-state index contributed by atoms with van der Waals surface area (Å²) in [7, 11) is 0. The molecule has 0 spiro atoms. The van der Waals surface area contributed by atoms with Crippen molar-refractivity contribution >= 4 is 17.7 Å². The van der Waals surface area contributed by atoms with Gasteiger partial charge in [-0.15, -0.1) is 0 Å². The van der Waals surface area contributed by atoms with Crippen LogP contribution >= 0.6 is 0 Å². The molecule has 1 amide bonds. The molecule has 200 valence electrons. The van der Waals surface area contributed by atoms with E-state index in [4.69, 9.17) is 9.47 Å². The van der Waals surface area contributed by atoms with Crippen LogP contribution in [0.4, 0.5) is 10.5 Å². The minimum absolute atomic E-state index is 0.232. The first-order valence-electron chi connectivity index (χ1n) is 14.1. The molecule has 1 aromatic rings.